The average Bonchev–Trinajstić information content (AvgIpc) is 2.65. The fourth-order valence-corrected chi connectivity index (χ4v) is 2.60. The van der Waals surface area contributed by atoms with Crippen LogP contribution < -0.4 is 20.3 Å². The predicted molar refractivity (Wildman–Crippen MR) is 108 cm³/mol. The van der Waals surface area contributed by atoms with E-state index in [9.17, 15) is 9.59 Å². The van der Waals surface area contributed by atoms with Gasteiger partial charge in [-0.15, -0.1) is 0 Å². The molecule has 0 aliphatic heterocycles. The van der Waals surface area contributed by atoms with E-state index in [2.05, 4.69) is 24.7 Å². The van der Waals surface area contributed by atoms with Crippen LogP contribution in [0.15, 0.2) is 36.4 Å². The Balaban J connectivity index is 1.79. The van der Waals surface area contributed by atoms with Gasteiger partial charge in [-0.25, -0.2) is 0 Å². The molecule has 0 bridgehead atoms. The third-order valence-corrected chi connectivity index (χ3v) is 4.19. The van der Waals surface area contributed by atoms with E-state index < -0.39 is 11.8 Å². The molecule has 2 aromatic carbocycles. The Morgan fingerprint density at radius 1 is 0.821 bits per heavy atom. The zero-order valence-corrected chi connectivity index (χ0v) is 17.1. The average molecular weight is 384 g/mol. The molecule has 0 aromatic heterocycles. The number of hydrogen-bond donors (Lipinski definition) is 2. The third-order valence-electron chi connectivity index (χ3n) is 4.19. The maximum atomic E-state index is 12.0. The van der Waals surface area contributed by atoms with Crippen LogP contribution in [0.25, 0.3) is 0 Å². The van der Waals surface area contributed by atoms with Crippen molar-refractivity contribution in [1.29, 1.82) is 0 Å². The van der Waals surface area contributed by atoms with E-state index in [4.69, 9.17) is 9.47 Å². The van der Waals surface area contributed by atoms with E-state index >= 15 is 0 Å². The van der Waals surface area contributed by atoms with E-state index in [1.807, 2.05) is 57.2 Å². The van der Waals surface area contributed by atoms with Crippen LogP contribution in [0.4, 0.5) is 0 Å². The molecule has 28 heavy (non-hydrogen) atoms. The summed E-state index contributed by atoms with van der Waals surface area (Å²) in [4.78, 5) is 23.9. The quantitative estimate of drug-likeness (QED) is 0.718. The first-order valence-electron chi connectivity index (χ1n) is 9.27. The molecule has 0 saturated carbocycles. The molecular weight excluding hydrogens is 356 g/mol. The molecule has 0 spiro atoms. The minimum Gasteiger partial charge on any atom is -0.483 e. The Hall–Kier alpha value is -3.02. The molecule has 2 N–H and O–H groups in total. The molecule has 0 aliphatic rings. The van der Waals surface area contributed by atoms with Crippen LogP contribution >= 0.6 is 0 Å². The SMILES string of the molecule is Cc1ccc(C)c(OCC(=O)NNC(=O)COc2cc(C)ccc2C(C)C)c1. The number of rotatable bonds is 7. The fourth-order valence-electron chi connectivity index (χ4n) is 2.60. The van der Waals surface area contributed by atoms with Crippen LogP contribution in [0.2, 0.25) is 0 Å². The number of carbonyl (C=O) groups excluding carboxylic acids is 2. The maximum Gasteiger partial charge on any atom is 0.276 e. The predicted octanol–water partition coefficient (Wildman–Crippen LogP) is 3.34. The summed E-state index contributed by atoms with van der Waals surface area (Å²) in [6.45, 7) is 9.56. The van der Waals surface area contributed by atoms with E-state index in [-0.39, 0.29) is 19.1 Å². The monoisotopic (exact) mass is 384 g/mol. The van der Waals surface area contributed by atoms with Crippen molar-refractivity contribution in [3.63, 3.8) is 0 Å². The van der Waals surface area contributed by atoms with Crippen LogP contribution in [-0.4, -0.2) is 25.0 Å². The molecule has 2 aromatic rings. The Bertz CT molecular complexity index is 846. The van der Waals surface area contributed by atoms with Crippen molar-refractivity contribution < 1.29 is 19.1 Å². The summed E-state index contributed by atoms with van der Waals surface area (Å²) in [6.07, 6.45) is 0. The molecule has 150 valence electrons. The van der Waals surface area contributed by atoms with Gasteiger partial charge in [0, 0.05) is 0 Å². The summed E-state index contributed by atoms with van der Waals surface area (Å²) in [5.41, 5.74) is 8.73. The molecule has 2 amide bonds. The summed E-state index contributed by atoms with van der Waals surface area (Å²) in [6, 6.07) is 11.7. The highest BCUT2D eigenvalue weighted by Crippen LogP contribution is 2.27. The second kappa shape index (κ2) is 9.78. The molecule has 0 aliphatic carbocycles. The molecule has 0 heterocycles. The minimum atomic E-state index is -0.451. The first-order chi connectivity index (χ1) is 13.3. The molecule has 0 atom stereocenters. The van der Waals surface area contributed by atoms with Gasteiger partial charge in [0.05, 0.1) is 0 Å². The number of aryl methyl sites for hydroxylation is 3. The van der Waals surface area contributed by atoms with Gasteiger partial charge >= 0.3 is 0 Å². The van der Waals surface area contributed by atoms with Gasteiger partial charge in [-0.3, -0.25) is 20.4 Å². The Morgan fingerprint density at radius 3 is 1.89 bits per heavy atom. The third kappa shape index (κ3) is 6.30. The van der Waals surface area contributed by atoms with Crippen molar-refractivity contribution in [2.75, 3.05) is 13.2 Å². The summed E-state index contributed by atoms with van der Waals surface area (Å²) in [5.74, 6) is 0.699. The van der Waals surface area contributed by atoms with Gasteiger partial charge in [-0.1, -0.05) is 38.1 Å². The Kier molecular flexibility index (Phi) is 7.44. The highest BCUT2D eigenvalue weighted by atomic mass is 16.5. The number of hydrazine groups is 1. The zero-order valence-electron chi connectivity index (χ0n) is 17.1. The molecule has 0 fully saturated rings. The van der Waals surface area contributed by atoms with Gasteiger partial charge < -0.3 is 9.47 Å². The highest BCUT2D eigenvalue weighted by molar-refractivity contribution is 5.83. The molecule has 0 radical (unpaired) electrons. The normalized spacial score (nSPS) is 10.5. The Morgan fingerprint density at radius 2 is 1.32 bits per heavy atom. The molecular formula is C22H28N2O4. The van der Waals surface area contributed by atoms with E-state index in [1.54, 1.807) is 0 Å². The van der Waals surface area contributed by atoms with Crippen molar-refractivity contribution >= 4 is 11.8 Å². The number of ether oxygens (including phenoxy) is 2. The van der Waals surface area contributed by atoms with Crippen LogP contribution in [0, 0.1) is 20.8 Å². The number of amides is 2. The first kappa shape index (κ1) is 21.3. The summed E-state index contributed by atoms with van der Waals surface area (Å²) < 4.78 is 11.1. The lowest BCUT2D eigenvalue weighted by Crippen LogP contribution is -2.45. The second-order valence-electron chi connectivity index (χ2n) is 7.14. The smallest absolute Gasteiger partial charge is 0.276 e. The topological polar surface area (TPSA) is 76.7 Å². The van der Waals surface area contributed by atoms with Gasteiger partial charge in [0.15, 0.2) is 13.2 Å². The number of carbonyl (C=O) groups is 2. The van der Waals surface area contributed by atoms with Crippen molar-refractivity contribution in [3.8, 4) is 11.5 Å². The van der Waals surface area contributed by atoms with Gasteiger partial charge in [-0.05, 0) is 61.1 Å². The largest absolute Gasteiger partial charge is 0.483 e. The van der Waals surface area contributed by atoms with E-state index in [0.717, 1.165) is 22.3 Å². The molecule has 2 rings (SSSR count). The van der Waals surface area contributed by atoms with Crippen LogP contribution in [-0.2, 0) is 9.59 Å². The van der Waals surface area contributed by atoms with Gasteiger partial charge in [0.1, 0.15) is 11.5 Å². The minimum absolute atomic E-state index is 0.193. The summed E-state index contributed by atoms with van der Waals surface area (Å²) in [7, 11) is 0. The second-order valence-corrected chi connectivity index (χ2v) is 7.14. The van der Waals surface area contributed by atoms with Crippen LogP contribution in [0.1, 0.15) is 42.0 Å². The van der Waals surface area contributed by atoms with Gasteiger partial charge in [0.2, 0.25) is 0 Å². The lowest BCUT2D eigenvalue weighted by molar-refractivity contribution is -0.131. The van der Waals surface area contributed by atoms with Crippen molar-refractivity contribution in [1.82, 2.24) is 10.9 Å². The highest BCUT2D eigenvalue weighted by Gasteiger charge is 2.11. The van der Waals surface area contributed by atoms with Crippen molar-refractivity contribution in [3.05, 3.63) is 58.7 Å². The standard InChI is InChI=1S/C22H28N2O4/c1-14(2)18-9-7-16(4)11-20(18)28-13-22(26)24-23-21(25)12-27-19-10-15(3)6-8-17(19)5/h6-11,14H,12-13H2,1-5H3,(H,23,25)(H,24,26). The maximum absolute atomic E-state index is 12.0. The summed E-state index contributed by atoms with van der Waals surface area (Å²) in [5, 5.41) is 0. The van der Waals surface area contributed by atoms with Crippen molar-refractivity contribution in [2.24, 2.45) is 0 Å². The molecule has 0 unspecified atom stereocenters. The molecule has 0 saturated heterocycles. The number of benzene rings is 2. The molecule has 6 nitrogen and oxygen atoms in total. The zero-order chi connectivity index (χ0) is 20.7. The van der Waals surface area contributed by atoms with Crippen LogP contribution in [0.3, 0.4) is 0 Å². The lowest BCUT2D eigenvalue weighted by Gasteiger charge is -2.15. The Labute approximate surface area is 166 Å². The van der Waals surface area contributed by atoms with Crippen LogP contribution in [0.5, 0.6) is 11.5 Å². The number of hydrogen-bond acceptors (Lipinski definition) is 4. The lowest BCUT2D eigenvalue weighted by atomic mass is 10.0. The summed E-state index contributed by atoms with van der Waals surface area (Å²) >= 11 is 0. The van der Waals surface area contributed by atoms with Gasteiger partial charge in [0.25, 0.3) is 11.8 Å². The number of nitrogens with one attached hydrogen (secondary N) is 2. The molecule has 6 heteroatoms. The van der Waals surface area contributed by atoms with Gasteiger partial charge in [-0.2, -0.15) is 0 Å². The van der Waals surface area contributed by atoms with E-state index in [1.165, 1.54) is 0 Å². The first-order valence-corrected chi connectivity index (χ1v) is 9.27. The fraction of sp³-hybridized carbons (Fsp3) is 0.364. The van der Waals surface area contributed by atoms with E-state index in [0.29, 0.717) is 11.5 Å². The van der Waals surface area contributed by atoms with Crippen molar-refractivity contribution in [2.45, 2.75) is 40.5 Å².